The van der Waals surface area contributed by atoms with Crippen LogP contribution in [0.15, 0.2) is 100 Å². The number of hydrogen-bond donors (Lipinski definition) is 1. The summed E-state index contributed by atoms with van der Waals surface area (Å²) in [7, 11) is 1.39. The van der Waals surface area contributed by atoms with Crippen LogP contribution < -0.4 is 24.4 Å². The molecule has 9 heteroatoms. The second kappa shape index (κ2) is 14.2. The highest BCUT2D eigenvalue weighted by Crippen LogP contribution is 2.39. The third-order valence-corrected chi connectivity index (χ3v) is 7.57. The lowest BCUT2D eigenvalue weighted by molar-refractivity contribution is 0.0322. The van der Waals surface area contributed by atoms with Crippen LogP contribution >= 0.6 is 0 Å². The molecule has 1 saturated heterocycles. The Labute approximate surface area is 261 Å². The number of benzene rings is 4. The average molecular weight is 610 g/mol. The summed E-state index contributed by atoms with van der Waals surface area (Å²) in [6.07, 6.45) is 0. The van der Waals surface area contributed by atoms with E-state index in [1.807, 2.05) is 60.7 Å². The van der Waals surface area contributed by atoms with Crippen molar-refractivity contribution in [3.63, 3.8) is 0 Å². The number of morpholine rings is 1. The normalized spacial score (nSPS) is 13.4. The zero-order chi connectivity index (χ0) is 31.0. The molecule has 1 aliphatic rings. The van der Waals surface area contributed by atoms with Crippen LogP contribution in [0.5, 0.6) is 28.7 Å². The molecule has 0 atom stereocenters. The molecule has 0 aliphatic carbocycles. The topological polar surface area (TPSA) is 99.8 Å². The highest BCUT2D eigenvalue weighted by atomic mass is 16.5. The van der Waals surface area contributed by atoms with Gasteiger partial charge >= 0.3 is 0 Å². The molecule has 0 bridgehead atoms. The van der Waals surface area contributed by atoms with E-state index in [1.54, 1.807) is 24.3 Å². The van der Waals surface area contributed by atoms with Crippen molar-refractivity contribution in [2.75, 3.05) is 46.6 Å². The van der Waals surface area contributed by atoms with Crippen LogP contribution in [0.2, 0.25) is 0 Å². The molecule has 0 amide bonds. The van der Waals surface area contributed by atoms with E-state index in [2.05, 4.69) is 4.90 Å². The lowest BCUT2D eigenvalue weighted by Crippen LogP contribution is -2.38. The van der Waals surface area contributed by atoms with E-state index in [0.29, 0.717) is 62.4 Å². The van der Waals surface area contributed by atoms with Crippen molar-refractivity contribution in [1.29, 1.82) is 0 Å². The Bertz CT molecular complexity index is 1780. The third-order valence-electron chi connectivity index (χ3n) is 7.57. The van der Waals surface area contributed by atoms with Crippen molar-refractivity contribution in [2.24, 2.45) is 0 Å². The monoisotopic (exact) mass is 609 g/mol. The summed E-state index contributed by atoms with van der Waals surface area (Å²) in [6, 6.07) is 28.0. The van der Waals surface area contributed by atoms with Gasteiger partial charge in [0.05, 0.1) is 20.3 Å². The van der Waals surface area contributed by atoms with Crippen LogP contribution in [-0.4, -0.2) is 56.6 Å². The Balaban J connectivity index is 1.32. The minimum Gasteiger partial charge on any atom is -0.507 e. The predicted molar refractivity (Wildman–Crippen MR) is 170 cm³/mol. The van der Waals surface area contributed by atoms with Crippen molar-refractivity contribution >= 4 is 11.0 Å². The summed E-state index contributed by atoms with van der Waals surface area (Å²) in [5, 5.41) is 10.8. The van der Waals surface area contributed by atoms with Crippen LogP contribution in [0.3, 0.4) is 0 Å². The Morgan fingerprint density at radius 1 is 0.800 bits per heavy atom. The standard InChI is InChI=1S/C36H35NO8/c1-40-36-34(39)33-29(38)21-28(42-19-16-37-14-17-41-18-15-37)22-32(33)45-35(36)27-12-13-30(43-23-25-8-4-2-5-9-25)31(20-27)44-24-26-10-6-3-7-11-26/h2-13,20-22,38H,14-19,23-24H2,1H3. The van der Waals surface area contributed by atoms with Crippen molar-refractivity contribution in [3.05, 3.63) is 112 Å². The maximum Gasteiger partial charge on any atom is 0.239 e. The van der Waals surface area contributed by atoms with Crippen LogP contribution in [0.1, 0.15) is 11.1 Å². The van der Waals surface area contributed by atoms with Crippen LogP contribution in [0, 0.1) is 0 Å². The van der Waals surface area contributed by atoms with Crippen LogP contribution in [0.4, 0.5) is 0 Å². The van der Waals surface area contributed by atoms with Crippen molar-refractivity contribution in [3.8, 4) is 40.1 Å². The van der Waals surface area contributed by atoms with E-state index in [9.17, 15) is 9.90 Å². The van der Waals surface area contributed by atoms with Gasteiger partial charge in [-0.25, -0.2) is 0 Å². The molecule has 0 spiro atoms. The number of aromatic hydroxyl groups is 1. The summed E-state index contributed by atoms with van der Waals surface area (Å²) < 4.78 is 35.5. The van der Waals surface area contributed by atoms with Gasteiger partial charge in [-0.15, -0.1) is 0 Å². The molecule has 45 heavy (non-hydrogen) atoms. The lowest BCUT2D eigenvalue weighted by atomic mass is 10.1. The molecule has 232 valence electrons. The molecule has 1 aliphatic heterocycles. The van der Waals surface area contributed by atoms with E-state index in [4.69, 9.17) is 28.1 Å². The first-order valence-electron chi connectivity index (χ1n) is 14.9. The zero-order valence-electron chi connectivity index (χ0n) is 25.1. The number of fused-ring (bicyclic) bond motifs is 1. The average Bonchev–Trinajstić information content (AvgIpc) is 3.07. The van der Waals surface area contributed by atoms with E-state index in [1.165, 1.54) is 13.2 Å². The zero-order valence-corrected chi connectivity index (χ0v) is 25.1. The van der Waals surface area contributed by atoms with Gasteiger partial charge in [0.15, 0.2) is 17.3 Å². The smallest absolute Gasteiger partial charge is 0.239 e. The number of methoxy groups -OCH3 is 1. The predicted octanol–water partition coefficient (Wildman–Crippen LogP) is 6.04. The van der Waals surface area contributed by atoms with E-state index in [-0.39, 0.29) is 28.2 Å². The van der Waals surface area contributed by atoms with Gasteiger partial charge in [-0.05, 0) is 29.3 Å². The van der Waals surface area contributed by atoms with Gasteiger partial charge in [-0.1, -0.05) is 60.7 Å². The quantitative estimate of drug-likeness (QED) is 0.181. The molecule has 0 saturated carbocycles. The summed E-state index contributed by atoms with van der Waals surface area (Å²) >= 11 is 0. The van der Waals surface area contributed by atoms with E-state index < -0.39 is 5.43 Å². The first kappa shape index (κ1) is 30.1. The maximum atomic E-state index is 13.6. The summed E-state index contributed by atoms with van der Waals surface area (Å²) in [6.45, 7) is 4.87. The Morgan fingerprint density at radius 2 is 1.47 bits per heavy atom. The Hall–Kier alpha value is -4.99. The van der Waals surface area contributed by atoms with E-state index in [0.717, 1.165) is 24.2 Å². The van der Waals surface area contributed by atoms with Gasteiger partial charge in [0.2, 0.25) is 11.2 Å². The van der Waals surface area contributed by atoms with E-state index >= 15 is 0 Å². The fourth-order valence-corrected chi connectivity index (χ4v) is 5.19. The highest BCUT2D eigenvalue weighted by molar-refractivity contribution is 5.88. The first-order valence-corrected chi connectivity index (χ1v) is 14.9. The number of hydrogen-bond acceptors (Lipinski definition) is 9. The molecule has 5 aromatic rings. The molecule has 9 nitrogen and oxygen atoms in total. The van der Waals surface area contributed by atoms with Crippen LogP contribution in [-0.2, 0) is 18.0 Å². The van der Waals surface area contributed by atoms with Crippen molar-refractivity contribution in [1.82, 2.24) is 4.90 Å². The molecule has 1 fully saturated rings. The van der Waals surface area contributed by atoms with Gasteiger partial charge < -0.3 is 33.2 Å². The van der Waals surface area contributed by atoms with Gasteiger partial charge in [-0.2, -0.15) is 0 Å². The van der Waals surface area contributed by atoms with Crippen LogP contribution in [0.25, 0.3) is 22.3 Å². The second-order valence-electron chi connectivity index (χ2n) is 10.6. The highest BCUT2D eigenvalue weighted by Gasteiger charge is 2.22. The molecular weight excluding hydrogens is 574 g/mol. The van der Waals surface area contributed by atoms with Gasteiger partial charge in [-0.3, -0.25) is 9.69 Å². The van der Waals surface area contributed by atoms with Crippen molar-refractivity contribution in [2.45, 2.75) is 13.2 Å². The third kappa shape index (κ3) is 7.22. The maximum absolute atomic E-state index is 13.6. The minimum atomic E-state index is -0.498. The fraction of sp³-hybridized carbons (Fsp3) is 0.250. The van der Waals surface area contributed by atoms with Gasteiger partial charge in [0.25, 0.3) is 0 Å². The number of phenols is 1. The van der Waals surface area contributed by atoms with Gasteiger partial charge in [0, 0.05) is 37.3 Å². The van der Waals surface area contributed by atoms with Crippen molar-refractivity contribution < 1.29 is 33.2 Å². The first-order chi connectivity index (χ1) is 22.1. The minimum absolute atomic E-state index is 0.0134. The number of rotatable bonds is 12. The number of nitrogens with zero attached hydrogens (tertiary/aromatic N) is 1. The summed E-state index contributed by atoms with van der Waals surface area (Å²) in [5.41, 5.74) is 2.22. The molecule has 4 aromatic carbocycles. The fourth-order valence-electron chi connectivity index (χ4n) is 5.19. The molecule has 2 heterocycles. The molecular formula is C36H35NO8. The molecule has 6 rings (SSSR count). The number of ether oxygens (including phenoxy) is 5. The molecule has 1 N–H and O–H groups in total. The largest absolute Gasteiger partial charge is 0.507 e. The molecule has 0 unspecified atom stereocenters. The summed E-state index contributed by atoms with van der Waals surface area (Å²) in [5.74, 6) is 1.31. The SMILES string of the molecule is COc1c(-c2ccc(OCc3ccccc3)c(OCc3ccccc3)c2)oc2cc(OCCN3CCOCC3)cc(O)c2c1=O. The summed E-state index contributed by atoms with van der Waals surface area (Å²) in [4.78, 5) is 15.8. The number of phenolic OH excluding ortho intramolecular Hbond substituents is 1. The second-order valence-corrected chi connectivity index (χ2v) is 10.6. The van der Waals surface area contributed by atoms with Gasteiger partial charge in [0.1, 0.15) is 42.3 Å². The Kier molecular flexibility index (Phi) is 9.48. The lowest BCUT2D eigenvalue weighted by Gasteiger charge is -2.26. The molecule has 0 radical (unpaired) electrons. The Morgan fingerprint density at radius 3 is 2.13 bits per heavy atom. The molecule has 1 aromatic heterocycles.